The molecule has 0 radical (unpaired) electrons. The minimum absolute atomic E-state index is 0.278. The fourth-order valence-electron chi connectivity index (χ4n) is 1.85. The minimum atomic E-state index is 0.278. The third-order valence-corrected chi connectivity index (χ3v) is 2.78. The summed E-state index contributed by atoms with van der Waals surface area (Å²) >= 11 is 0. The van der Waals surface area contributed by atoms with Crippen LogP contribution in [0.2, 0.25) is 0 Å². The van der Waals surface area contributed by atoms with E-state index in [2.05, 4.69) is 12.2 Å². The van der Waals surface area contributed by atoms with E-state index in [-0.39, 0.29) is 6.61 Å². The second-order valence-electron chi connectivity index (χ2n) is 4.14. The molecule has 2 N–H and O–H groups in total. The van der Waals surface area contributed by atoms with Crippen LogP contribution in [-0.4, -0.2) is 37.0 Å². The number of aliphatic hydroxyl groups is 1. The molecule has 3 nitrogen and oxygen atoms in total. The number of nitrogens with one attached hydrogen (secondary N) is 1. The van der Waals surface area contributed by atoms with E-state index >= 15 is 0 Å². The lowest BCUT2D eigenvalue weighted by Gasteiger charge is -2.13. The predicted octanol–water partition coefficient (Wildman–Crippen LogP) is 1.31. The molecule has 0 amide bonds. The third kappa shape index (κ3) is 4.94. The zero-order valence-electron chi connectivity index (χ0n) is 9.17. The molecule has 1 rings (SSSR count). The quantitative estimate of drug-likeness (QED) is 0.610. The normalized spacial score (nSPS) is 24.0. The lowest BCUT2D eigenvalue weighted by Crippen LogP contribution is -2.28. The van der Waals surface area contributed by atoms with Gasteiger partial charge in [-0.25, -0.2) is 0 Å². The number of aliphatic hydroxyl groups excluding tert-OH is 1. The SMILES string of the molecule is CC(CCO)NCCCC1CCCO1. The summed E-state index contributed by atoms with van der Waals surface area (Å²) in [6, 6.07) is 0.435. The van der Waals surface area contributed by atoms with Crippen LogP contribution in [0.3, 0.4) is 0 Å². The molecule has 84 valence electrons. The summed E-state index contributed by atoms with van der Waals surface area (Å²) < 4.78 is 5.54. The first-order valence-corrected chi connectivity index (χ1v) is 5.78. The fraction of sp³-hybridized carbons (Fsp3) is 1.00. The van der Waals surface area contributed by atoms with Crippen molar-refractivity contribution in [3.63, 3.8) is 0 Å². The number of hydrogen-bond acceptors (Lipinski definition) is 3. The molecule has 0 spiro atoms. The number of rotatable bonds is 7. The van der Waals surface area contributed by atoms with Crippen molar-refractivity contribution in [2.75, 3.05) is 19.8 Å². The van der Waals surface area contributed by atoms with Crippen LogP contribution in [0.4, 0.5) is 0 Å². The van der Waals surface area contributed by atoms with Crippen LogP contribution >= 0.6 is 0 Å². The van der Waals surface area contributed by atoms with Crippen molar-refractivity contribution in [1.29, 1.82) is 0 Å². The molecule has 1 aliphatic rings. The van der Waals surface area contributed by atoms with Gasteiger partial charge in [-0.05, 0) is 45.6 Å². The van der Waals surface area contributed by atoms with Gasteiger partial charge < -0.3 is 15.2 Å². The van der Waals surface area contributed by atoms with Crippen LogP contribution in [-0.2, 0) is 4.74 Å². The Hall–Kier alpha value is -0.120. The summed E-state index contributed by atoms with van der Waals surface area (Å²) in [6.45, 7) is 4.39. The smallest absolute Gasteiger partial charge is 0.0576 e. The molecule has 0 bridgehead atoms. The first-order valence-electron chi connectivity index (χ1n) is 5.78. The summed E-state index contributed by atoms with van der Waals surface area (Å²) in [5, 5.41) is 12.1. The van der Waals surface area contributed by atoms with Crippen molar-refractivity contribution in [3.8, 4) is 0 Å². The van der Waals surface area contributed by atoms with Gasteiger partial charge in [0, 0.05) is 19.3 Å². The summed E-state index contributed by atoms with van der Waals surface area (Å²) in [5.74, 6) is 0. The van der Waals surface area contributed by atoms with E-state index in [9.17, 15) is 0 Å². The van der Waals surface area contributed by atoms with E-state index in [1.165, 1.54) is 25.7 Å². The van der Waals surface area contributed by atoms with Gasteiger partial charge >= 0.3 is 0 Å². The van der Waals surface area contributed by atoms with Gasteiger partial charge in [0.15, 0.2) is 0 Å². The molecule has 0 aliphatic carbocycles. The molecule has 1 aliphatic heterocycles. The fourth-order valence-corrected chi connectivity index (χ4v) is 1.85. The Morgan fingerprint density at radius 2 is 2.43 bits per heavy atom. The average Bonchev–Trinajstić information content (AvgIpc) is 2.65. The topological polar surface area (TPSA) is 41.5 Å². The maximum atomic E-state index is 8.71. The Morgan fingerprint density at radius 1 is 1.57 bits per heavy atom. The predicted molar refractivity (Wildman–Crippen MR) is 57.4 cm³/mol. The summed E-state index contributed by atoms with van der Waals surface area (Å²) in [7, 11) is 0. The van der Waals surface area contributed by atoms with Crippen molar-refractivity contribution < 1.29 is 9.84 Å². The zero-order valence-corrected chi connectivity index (χ0v) is 9.17. The van der Waals surface area contributed by atoms with Gasteiger partial charge in [0.1, 0.15) is 0 Å². The second-order valence-corrected chi connectivity index (χ2v) is 4.14. The van der Waals surface area contributed by atoms with Crippen LogP contribution in [0.1, 0.15) is 39.0 Å². The molecule has 0 saturated carbocycles. The lowest BCUT2D eigenvalue weighted by atomic mass is 10.1. The highest BCUT2D eigenvalue weighted by molar-refractivity contribution is 4.66. The monoisotopic (exact) mass is 201 g/mol. The van der Waals surface area contributed by atoms with Crippen molar-refractivity contribution >= 4 is 0 Å². The van der Waals surface area contributed by atoms with Gasteiger partial charge in [-0.2, -0.15) is 0 Å². The Morgan fingerprint density at radius 3 is 3.07 bits per heavy atom. The lowest BCUT2D eigenvalue weighted by molar-refractivity contribution is 0.102. The molecule has 2 unspecified atom stereocenters. The van der Waals surface area contributed by atoms with Crippen molar-refractivity contribution in [2.45, 2.75) is 51.2 Å². The zero-order chi connectivity index (χ0) is 10.2. The Bertz CT molecular complexity index is 135. The maximum absolute atomic E-state index is 8.71. The highest BCUT2D eigenvalue weighted by atomic mass is 16.5. The Kier molecular flexibility index (Phi) is 6.15. The molecule has 2 atom stereocenters. The van der Waals surface area contributed by atoms with Gasteiger partial charge in [0.25, 0.3) is 0 Å². The summed E-state index contributed by atoms with van der Waals surface area (Å²) in [5.41, 5.74) is 0. The van der Waals surface area contributed by atoms with E-state index in [1.54, 1.807) is 0 Å². The van der Waals surface area contributed by atoms with Gasteiger partial charge in [0.2, 0.25) is 0 Å². The van der Waals surface area contributed by atoms with E-state index in [0.717, 1.165) is 19.6 Å². The van der Waals surface area contributed by atoms with E-state index in [0.29, 0.717) is 12.1 Å². The van der Waals surface area contributed by atoms with Gasteiger partial charge in [0.05, 0.1) is 6.10 Å². The molecule has 1 heterocycles. The van der Waals surface area contributed by atoms with E-state index in [4.69, 9.17) is 9.84 Å². The van der Waals surface area contributed by atoms with Gasteiger partial charge in [-0.15, -0.1) is 0 Å². The van der Waals surface area contributed by atoms with Gasteiger partial charge in [-0.1, -0.05) is 0 Å². The van der Waals surface area contributed by atoms with Crippen LogP contribution in [0.15, 0.2) is 0 Å². The van der Waals surface area contributed by atoms with Crippen LogP contribution < -0.4 is 5.32 Å². The van der Waals surface area contributed by atoms with Crippen molar-refractivity contribution in [3.05, 3.63) is 0 Å². The highest BCUT2D eigenvalue weighted by Gasteiger charge is 2.14. The van der Waals surface area contributed by atoms with Crippen molar-refractivity contribution in [1.82, 2.24) is 5.32 Å². The number of ether oxygens (including phenoxy) is 1. The highest BCUT2D eigenvalue weighted by Crippen LogP contribution is 2.16. The third-order valence-electron chi connectivity index (χ3n) is 2.78. The molecular formula is C11H23NO2. The summed E-state index contributed by atoms with van der Waals surface area (Å²) in [4.78, 5) is 0. The van der Waals surface area contributed by atoms with Crippen molar-refractivity contribution in [2.24, 2.45) is 0 Å². The molecule has 1 fully saturated rings. The molecular weight excluding hydrogens is 178 g/mol. The van der Waals surface area contributed by atoms with Gasteiger partial charge in [-0.3, -0.25) is 0 Å². The van der Waals surface area contributed by atoms with E-state index in [1.807, 2.05) is 0 Å². The van der Waals surface area contributed by atoms with Crippen LogP contribution in [0.25, 0.3) is 0 Å². The second kappa shape index (κ2) is 7.21. The standard InChI is InChI=1S/C11H23NO2/c1-10(6-8-13)12-7-2-4-11-5-3-9-14-11/h10-13H,2-9H2,1H3. The van der Waals surface area contributed by atoms with E-state index < -0.39 is 0 Å². The summed E-state index contributed by atoms with van der Waals surface area (Å²) in [6.07, 6.45) is 6.20. The molecule has 1 saturated heterocycles. The molecule has 0 aromatic carbocycles. The molecule has 3 heteroatoms. The molecule has 0 aromatic rings. The van der Waals surface area contributed by atoms with Crippen LogP contribution in [0, 0.1) is 0 Å². The largest absolute Gasteiger partial charge is 0.396 e. The Labute approximate surface area is 86.8 Å². The number of hydrogen-bond donors (Lipinski definition) is 2. The minimum Gasteiger partial charge on any atom is -0.396 e. The molecule has 0 aromatic heterocycles. The Balaban J connectivity index is 1.88. The van der Waals surface area contributed by atoms with Crippen LogP contribution in [0.5, 0.6) is 0 Å². The average molecular weight is 201 g/mol. The first kappa shape index (κ1) is 12.0. The first-order chi connectivity index (χ1) is 6.83. The molecule has 14 heavy (non-hydrogen) atoms. The maximum Gasteiger partial charge on any atom is 0.0576 e.